The van der Waals surface area contributed by atoms with Crippen molar-refractivity contribution in [2.24, 2.45) is 11.8 Å². The Hall–Kier alpha value is -1.26. The molecule has 0 bridgehead atoms. The van der Waals surface area contributed by atoms with Crippen LogP contribution in [0.3, 0.4) is 0 Å². The third-order valence-corrected chi connectivity index (χ3v) is 5.52. The molecule has 2 aliphatic rings. The quantitative estimate of drug-likeness (QED) is 0.697. The van der Waals surface area contributed by atoms with E-state index in [-0.39, 0.29) is 24.0 Å². The van der Waals surface area contributed by atoms with Crippen molar-refractivity contribution in [2.45, 2.75) is 89.6 Å². The van der Waals surface area contributed by atoms with Gasteiger partial charge in [-0.25, -0.2) is 4.79 Å². The van der Waals surface area contributed by atoms with Crippen LogP contribution in [0.4, 0.5) is 4.79 Å². The summed E-state index contributed by atoms with van der Waals surface area (Å²) in [6.07, 6.45) is 11.9. The molecule has 3 N–H and O–H groups in total. The minimum absolute atomic E-state index is 0.0973. The summed E-state index contributed by atoms with van der Waals surface area (Å²) in [5.74, 6) is -0.0860. The van der Waals surface area contributed by atoms with Crippen molar-refractivity contribution < 1.29 is 14.7 Å². The zero-order chi connectivity index (χ0) is 16.7. The Morgan fingerprint density at radius 1 is 1.04 bits per heavy atom. The predicted octanol–water partition coefficient (Wildman–Crippen LogP) is 3.68. The van der Waals surface area contributed by atoms with Crippen LogP contribution >= 0.6 is 0 Å². The Morgan fingerprint density at radius 3 is 2.30 bits per heavy atom. The van der Waals surface area contributed by atoms with Gasteiger partial charge in [-0.05, 0) is 51.4 Å². The smallest absolute Gasteiger partial charge is 0.315 e. The Kier molecular flexibility index (Phi) is 7.18. The summed E-state index contributed by atoms with van der Waals surface area (Å²) in [5, 5.41) is 15.0. The molecule has 1 unspecified atom stereocenters. The number of hydrogen-bond donors (Lipinski definition) is 3. The lowest BCUT2D eigenvalue weighted by Crippen LogP contribution is -2.46. The molecule has 0 aliphatic heterocycles. The van der Waals surface area contributed by atoms with Gasteiger partial charge in [-0.1, -0.05) is 32.1 Å². The summed E-state index contributed by atoms with van der Waals surface area (Å²) in [6.45, 7) is 2.07. The molecular formula is C18H32N2O3. The summed E-state index contributed by atoms with van der Waals surface area (Å²) in [6, 6.07) is 0.225. The molecule has 2 rings (SSSR count). The molecule has 132 valence electrons. The molecule has 2 amide bonds. The van der Waals surface area contributed by atoms with Crippen LogP contribution < -0.4 is 10.6 Å². The van der Waals surface area contributed by atoms with Gasteiger partial charge in [0, 0.05) is 12.1 Å². The number of carboxylic acids is 1. The monoisotopic (exact) mass is 324 g/mol. The molecule has 0 saturated heterocycles. The van der Waals surface area contributed by atoms with Crippen molar-refractivity contribution in [2.75, 3.05) is 0 Å². The second kappa shape index (κ2) is 9.14. The summed E-state index contributed by atoms with van der Waals surface area (Å²) < 4.78 is 0. The Bertz CT molecular complexity index is 386. The Labute approximate surface area is 139 Å². The van der Waals surface area contributed by atoms with Gasteiger partial charge in [0.2, 0.25) is 0 Å². The van der Waals surface area contributed by atoms with E-state index in [4.69, 9.17) is 5.11 Å². The Morgan fingerprint density at radius 2 is 1.70 bits per heavy atom. The fraction of sp³-hybridized carbons (Fsp3) is 0.889. The highest BCUT2D eigenvalue weighted by atomic mass is 16.4. The molecule has 23 heavy (non-hydrogen) atoms. The van der Waals surface area contributed by atoms with Crippen LogP contribution in [0.5, 0.6) is 0 Å². The van der Waals surface area contributed by atoms with Crippen LogP contribution in [0.1, 0.15) is 77.6 Å². The van der Waals surface area contributed by atoms with Gasteiger partial charge in [-0.15, -0.1) is 0 Å². The van der Waals surface area contributed by atoms with Crippen LogP contribution in [0.15, 0.2) is 0 Å². The number of carboxylic acid groups (broad SMARTS) is 1. The lowest BCUT2D eigenvalue weighted by atomic mass is 9.85. The first kappa shape index (κ1) is 18.1. The molecule has 5 heteroatoms. The molecule has 0 aromatic heterocycles. The summed E-state index contributed by atoms with van der Waals surface area (Å²) in [4.78, 5) is 23.0. The van der Waals surface area contributed by atoms with E-state index in [1.807, 2.05) is 0 Å². The van der Waals surface area contributed by atoms with Crippen molar-refractivity contribution >= 4 is 12.0 Å². The fourth-order valence-corrected chi connectivity index (χ4v) is 3.97. The molecule has 1 atom stereocenters. The van der Waals surface area contributed by atoms with Crippen molar-refractivity contribution in [3.05, 3.63) is 0 Å². The molecular weight excluding hydrogens is 292 g/mol. The first-order valence-electron chi connectivity index (χ1n) is 9.34. The van der Waals surface area contributed by atoms with E-state index < -0.39 is 5.97 Å². The molecule has 0 aromatic carbocycles. The van der Waals surface area contributed by atoms with Crippen LogP contribution in [-0.2, 0) is 4.79 Å². The van der Waals surface area contributed by atoms with Crippen molar-refractivity contribution in [1.82, 2.24) is 10.6 Å². The first-order valence-corrected chi connectivity index (χ1v) is 9.34. The van der Waals surface area contributed by atoms with Gasteiger partial charge in [-0.3, -0.25) is 4.79 Å². The van der Waals surface area contributed by atoms with Gasteiger partial charge in [-0.2, -0.15) is 0 Å². The summed E-state index contributed by atoms with van der Waals surface area (Å²) >= 11 is 0. The number of carbonyl (C=O) groups excluding carboxylic acids is 1. The zero-order valence-electron chi connectivity index (χ0n) is 14.4. The third-order valence-electron chi connectivity index (χ3n) is 5.52. The largest absolute Gasteiger partial charge is 0.481 e. The van der Waals surface area contributed by atoms with E-state index in [0.29, 0.717) is 12.8 Å². The van der Waals surface area contributed by atoms with E-state index in [0.717, 1.165) is 25.2 Å². The van der Waals surface area contributed by atoms with Gasteiger partial charge in [0.05, 0.1) is 5.92 Å². The average Bonchev–Trinajstić information content (AvgIpc) is 2.54. The maximum atomic E-state index is 12.0. The van der Waals surface area contributed by atoms with Gasteiger partial charge < -0.3 is 15.7 Å². The van der Waals surface area contributed by atoms with Gasteiger partial charge in [0.25, 0.3) is 0 Å². The SMILES string of the molecule is CC(CCC1CCCCC1)NC(=O)NC1CCC(C(=O)O)CC1. The number of amides is 2. The Balaban J connectivity index is 1.59. The number of rotatable bonds is 6. The maximum Gasteiger partial charge on any atom is 0.315 e. The van der Waals surface area contributed by atoms with E-state index in [1.165, 1.54) is 38.5 Å². The minimum Gasteiger partial charge on any atom is -0.481 e. The van der Waals surface area contributed by atoms with Crippen LogP contribution in [0, 0.1) is 11.8 Å². The van der Waals surface area contributed by atoms with Crippen LogP contribution in [0.2, 0.25) is 0 Å². The lowest BCUT2D eigenvalue weighted by Gasteiger charge is -2.28. The van der Waals surface area contributed by atoms with Gasteiger partial charge in [0.15, 0.2) is 0 Å². The number of urea groups is 1. The average molecular weight is 324 g/mol. The van der Waals surface area contributed by atoms with E-state index in [2.05, 4.69) is 17.6 Å². The first-order chi connectivity index (χ1) is 11.0. The standard InChI is InChI=1S/C18H32N2O3/c1-13(7-8-14-5-3-2-4-6-14)19-18(23)20-16-11-9-15(10-12-16)17(21)22/h13-16H,2-12H2,1H3,(H,21,22)(H2,19,20,23). The van der Waals surface area contributed by atoms with Crippen molar-refractivity contribution in [3.8, 4) is 0 Å². The number of aliphatic carboxylic acids is 1. The molecule has 5 nitrogen and oxygen atoms in total. The molecule has 2 aliphatic carbocycles. The van der Waals surface area contributed by atoms with Crippen molar-refractivity contribution in [3.63, 3.8) is 0 Å². The second-order valence-electron chi connectivity index (χ2n) is 7.49. The van der Waals surface area contributed by atoms with Crippen LogP contribution in [-0.4, -0.2) is 29.2 Å². The third kappa shape index (κ3) is 6.40. The highest BCUT2D eigenvalue weighted by Gasteiger charge is 2.26. The normalized spacial score (nSPS) is 27.2. The molecule has 0 heterocycles. The second-order valence-corrected chi connectivity index (χ2v) is 7.49. The maximum absolute atomic E-state index is 12.0. The topological polar surface area (TPSA) is 78.4 Å². The molecule has 0 spiro atoms. The highest BCUT2D eigenvalue weighted by molar-refractivity contribution is 5.74. The van der Waals surface area contributed by atoms with E-state index in [9.17, 15) is 9.59 Å². The fourth-order valence-electron chi connectivity index (χ4n) is 3.97. The van der Waals surface area contributed by atoms with E-state index in [1.54, 1.807) is 0 Å². The minimum atomic E-state index is -0.704. The summed E-state index contributed by atoms with van der Waals surface area (Å²) in [5.41, 5.74) is 0. The number of nitrogens with one attached hydrogen (secondary N) is 2. The molecule has 2 saturated carbocycles. The summed E-state index contributed by atoms with van der Waals surface area (Å²) in [7, 11) is 0. The number of carbonyl (C=O) groups is 2. The number of hydrogen-bond acceptors (Lipinski definition) is 2. The van der Waals surface area contributed by atoms with Crippen LogP contribution in [0.25, 0.3) is 0 Å². The molecule has 0 radical (unpaired) electrons. The van der Waals surface area contributed by atoms with E-state index >= 15 is 0 Å². The van der Waals surface area contributed by atoms with Crippen molar-refractivity contribution in [1.29, 1.82) is 0 Å². The molecule has 2 fully saturated rings. The van der Waals surface area contributed by atoms with Gasteiger partial charge >= 0.3 is 12.0 Å². The molecule has 0 aromatic rings. The lowest BCUT2D eigenvalue weighted by molar-refractivity contribution is -0.142. The zero-order valence-corrected chi connectivity index (χ0v) is 14.4. The van der Waals surface area contributed by atoms with Gasteiger partial charge in [0.1, 0.15) is 0 Å². The highest BCUT2D eigenvalue weighted by Crippen LogP contribution is 2.27. The predicted molar refractivity (Wildman–Crippen MR) is 90.3 cm³/mol.